The predicted octanol–water partition coefficient (Wildman–Crippen LogP) is 2.78. The van der Waals surface area contributed by atoms with Crippen molar-refractivity contribution in [1.82, 2.24) is 14.8 Å². The predicted molar refractivity (Wildman–Crippen MR) is 101 cm³/mol. The molecule has 5 heteroatoms. The molecule has 1 N–H and O–H groups in total. The molecule has 2 aromatic rings. The summed E-state index contributed by atoms with van der Waals surface area (Å²) in [7, 11) is 0. The van der Waals surface area contributed by atoms with Crippen LogP contribution in [0.3, 0.4) is 0 Å². The first-order valence-corrected chi connectivity index (χ1v) is 8.92. The number of piperazine rings is 1. The second-order valence-corrected chi connectivity index (χ2v) is 6.47. The molecule has 0 atom stereocenters. The summed E-state index contributed by atoms with van der Waals surface area (Å²) >= 11 is 0. The first-order valence-electron chi connectivity index (χ1n) is 8.92. The molecule has 1 fully saturated rings. The van der Waals surface area contributed by atoms with Crippen LogP contribution < -0.4 is 5.32 Å². The lowest BCUT2D eigenvalue weighted by Gasteiger charge is -2.34. The van der Waals surface area contributed by atoms with E-state index in [9.17, 15) is 4.79 Å². The number of benzene rings is 1. The summed E-state index contributed by atoms with van der Waals surface area (Å²) in [6, 6.07) is 10.2. The highest BCUT2D eigenvalue weighted by atomic mass is 16.2. The van der Waals surface area contributed by atoms with Gasteiger partial charge in [0.25, 0.3) is 5.91 Å². The molecule has 1 aromatic heterocycles. The number of nitrogens with zero attached hydrogens (tertiary/aromatic N) is 3. The summed E-state index contributed by atoms with van der Waals surface area (Å²) in [6.07, 6.45) is 3.43. The highest BCUT2D eigenvalue weighted by molar-refractivity contribution is 5.94. The molecule has 1 aromatic carbocycles. The number of hydrogen-bond donors (Lipinski definition) is 1. The van der Waals surface area contributed by atoms with Crippen LogP contribution in [0.15, 0.2) is 42.7 Å². The molecule has 0 saturated carbocycles. The zero-order valence-corrected chi connectivity index (χ0v) is 15.0. The number of nitrogens with one attached hydrogen (secondary N) is 1. The van der Waals surface area contributed by atoms with Crippen LogP contribution in [0.25, 0.3) is 0 Å². The van der Waals surface area contributed by atoms with Gasteiger partial charge in [-0.1, -0.05) is 31.2 Å². The summed E-state index contributed by atoms with van der Waals surface area (Å²) in [5.74, 6) is 0.0720. The van der Waals surface area contributed by atoms with Crippen molar-refractivity contribution in [2.75, 3.05) is 38.0 Å². The van der Waals surface area contributed by atoms with E-state index in [0.717, 1.165) is 45.0 Å². The Hall–Kier alpha value is -2.40. The molecular formula is C20H26N4O. The third kappa shape index (κ3) is 4.37. The van der Waals surface area contributed by atoms with Crippen LogP contribution in [0.4, 0.5) is 5.69 Å². The Bertz CT molecular complexity index is 723. The van der Waals surface area contributed by atoms with Crippen LogP contribution in [0.1, 0.15) is 28.4 Å². The van der Waals surface area contributed by atoms with Crippen LogP contribution in [0.5, 0.6) is 0 Å². The van der Waals surface area contributed by atoms with E-state index in [2.05, 4.69) is 41.2 Å². The van der Waals surface area contributed by atoms with Crippen molar-refractivity contribution in [3.8, 4) is 0 Å². The van der Waals surface area contributed by atoms with Gasteiger partial charge >= 0.3 is 0 Å². The number of aryl methyl sites for hydroxylation is 1. The molecule has 1 aliphatic heterocycles. The molecule has 0 aliphatic carbocycles. The van der Waals surface area contributed by atoms with Crippen LogP contribution >= 0.6 is 0 Å². The second kappa shape index (κ2) is 8.12. The summed E-state index contributed by atoms with van der Waals surface area (Å²) in [4.78, 5) is 21.2. The van der Waals surface area contributed by atoms with Gasteiger partial charge < -0.3 is 15.1 Å². The molecule has 0 unspecified atom stereocenters. The Labute approximate surface area is 149 Å². The molecule has 0 spiro atoms. The van der Waals surface area contributed by atoms with Gasteiger partial charge in [0.2, 0.25) is 0 Å². The molecule has 1 aliphatic rings. The minimum atomic E-state index is 0.0720. The Morgan fingerprint density at radius 1 is 1.16 bits per heavy atom. The fourth-order valence-corrected chi connectivity index (χ4v) is 3.11. The van der Waals surface area contributed by atoms with Gasteiger partial charge in [0, 0.05) is 45.1 Å². The normalized spacial score (nSPS) is 15.2. The van der Waals surface area contributed by atoms with Crippen LogP contribution in [0, 0.1) is 6.92 Å². The smallest absolute Gasteiger partial charge is 0.255 e. The fourth-order valence-electron chi connectivity index (χ4n) is 3.11. The van der Waals surface area contributed by atoms with E-state index < -0.39 is 0 Å². The van der Waals surface area contributed by atoms with Crippen LogP contribution in [-0.4, -0.2) is 53.4 Å². The number of carbonyl (C=O) groups is 1. The maximum absolute atomic E-state index is 12.7. The zero-order chi connectivity index (χ0) is 17.6. The molecule has 1 saturated heterocycles. The van der Waals surface area contributed by atoms with Crippen molar-refractivity contribution in [1.29, 1.82) is 0 Å². The highest BCUT2D eigenvalue weighted by Crippen LogP contribution is 2.15. The van der Waals surface area contributed by atoms with Crippen molar-refractivity contribution in [3.05, 3.63) is 59.4 Å². The van der Waals surface area contributed by atoms with Gasteiger partial charge in [0.05, 0.1) is 11.3 Å². The number of aromatic nitrogens is 1. The summed E-state index contributed by atoms with van der Waals surface area (Å²) in [5.41, 5.74) is 4.03. The van der Waals surface area contributed by atoms with Gasteiger partial charge in [-0.2, -0.15) is 0 Å². The third-order valence-corrected chi connectivity index (χ3v) is 4.84. The molecule has 25 heavy (non-hydrogen) atoms. The molecule has 0 radical (unpaired) electrons. The lowest BCUT2D eigenvalue weighted by Crippen LogP contribution is -2.48. The number of pyridine rings is 1. The van der Waals surface area contributed by atoms with E-state index >= 15 is 0 Å². The number of likely N-dealkylation sites (N-methyl/N-ethyl adjacent to an activating group) is 1. The van der Waals surface area contributed by atoms with Crippen molar-refractivity contribution in [2.45, 2.75) is 20.4 Å². The van der Waals surface area contributed by atoms with Gasteiger partial charge in [-0.25, -0.2) is 0 Å². The van der Waals surface area contributed by atoms with Crippen molar-refractivity contribution >= 4 is 11.6 Å². The summed E-state index contributed by atoms with van der Waals surface area (Å²) in [6.45, 7) is 9.49. The average Bonchev–Trinajstić information content (AvgIpc) is 2.67. The number of hydrogen-bond acceptors (Lipinski definition) is 4. The number of anilines is 1. The molecule has 3 rings (SSSR count). The number of amides is 1. The van der Waals surface area contributed by atoms with Gasteiger partial charge in [-0.05, 0) is 30.7 Å². The summed E-state index contributed by atoms with van der Waals surface area (Å²) in [5, 5.41) is 3.37. The zero-order valence-electron chi connectivity index (χ0n) is 15.0. The van der Waals surface area contributed by atoms with E-state index in [1.807, 2.05) is 23.1 Å². The SMILES string of the molecule is CCN1CCN(C(=O)c2cncc(NCc3ccccc3C)c2)CC1. The third-order valence-electron chi connectivity index (χ3n) is 4.84. The maximum Gasteiger partial charge on any atom is 0.255 e. The lowest BCUT2D eigenvalue weighted by atomic mass is 10.1. The number of carbonyl (C=O) groups excluding carboxylic acids is 1. The first-order chi connectivity index (χ1) is 12.2. The van der Waals surface area contributed by atoms with E-state index in [0.29, 0.717) is 5.56 Å². The Morgan fingerprint density at radius 3 is 2.64 bits per heavy atom. The maximum atomic E-state index is 12.7. The van der Waals surface area contributed by atoms with Crippen LogP contribution in [0.2, 0.25) is 0 Å². The quantitative estimate of drug-likeness (QED) is 0.911. The average molecular weight is 338 g/mol. The Balaban J connectivity index is 1.63. The second-order valence-electron chi connectivity index (χ2n) is 6.47. The van der Waals surface area contributed by atoms with Gasteiger partial charge in [0.15, 0.2) is 0 Å². The van der Waals surface area contributed by atoms with E-state index in [1.165, 1.54) is 11.1 Å². The fraction of sp³-hybridized carbons (Fsp3) is 0.400. The van der Waals surface area contributed by atoms with Gasteiger partial charge in [-0.15, -0.1) is 0 Å². The van der Waals surface area contributed by atoms with Crippen molar-refractivity contribution < 1.29 is 4.79 Å². The topological polar surface area (TPSA) is 48.5 Å². The van der Waals surface area contributed by atoms with E-state index in [4.69, 9.17) is 0 Å². The van der Waals surface area contributed by atoms with E-state index in [1.54, 1.807) is 12.4 Å². The molecule has 132 valence electrons. The standard InChI is InChI=1S/C20H26N4O/c1-3-23-8-10-24(11-9-23)20(25)18-12-19(15-21-13-18)22-14-17-7-5-4-6-16(17)2/h4-7,12-13,15,22H,3,8-11,14H2,1-2H3. The van der Waals surface area contributed by atoms with Crippen molar-refractivity contribution in [2.24, 2.45) is 0 Å². The van der Waals surface area contributed by atoms with E-state index in [-0.39, 0.29) is 5.91 Å². The molecule has 2 heterocycles. The minimum absolute atomic E-state index is 0.0720. The lowest BCUT2D eigenvalue weighted by molar-refractivity contribution is 0.0643. The molecular weight excluding hydrogens is 312 g/mol. The minimum Gasteiger partial charge on any atom is -0.380 e. The van der Waals surface area contributed by atoms with Gasteiger partial charge in [0.1, 0.15) is 0 Å². The first kappa shape index (κ1) is 17.4. The number of rotatable bonds is 5. The largest absolute Gasteiger partial charge is 0.380 e. The molecule has 0 bridgehead atoms. The molecule has 5 nitrogen and oxygen atoms in total. The summed E-state index contributed by atoms with van der Waals surface area (Å²) < 4.78 is 0. The van der Waals surface area contributed by atoms with Gasteiger partial charge in [-0.3, -0.25) is 9.78 Å². The monoisotopic (exact) mass is 338 g/mol. The highest BCUT2D eigenvalue weighted by Gasteiger charge is 2.21. The Morgan fingerprint density at radius 2 is 1.92 bits per heavy atom. The molecule has 1 amide bonds. The van der Waals surface area contributed by atoms with Crippen LogP contribution in [-0.2, 0) is 6.54 Å². The van der Waals surface area contributed by atoms with Crippen molar-refractivity contribution in [3.63, 3.8) is 0 Å². The Kier molecular flexibility index (Phi) is 5.66.